The maximum Gasteiger partial charge on any atom is 0.195 e. The Morgan fingerprint density at radius 2 is 1.88 bits per heavy atom. The summed E-state index contributed by atoms with van der Waals surface area (Å²) in [5.41, 5.74) is 10.3. The summed E-state index contributed by atoms with van der Waals surface area (Å²) in [6.07, 6.45) is 1.84. The number of hydrogen-bond acceptors (Lipinski definition) is 7. The molecule has 0 radical (unpaired) electrons. The number of hydrogen-bond donors (Lipinski definition) is 1. The Morgan fingerprint density at radius 3 is 2.82 bits per heavy atom. The van der Waals surface area contributed by atoms with Gasteiger partial charge in [0, 0.05) is 21.9 Å². The van der Waals surface area contributed by atoms with Crippen molar-refractivity contribution in [2.45, 2.75) is 17.0 Å². The zero-order chi connectivity index (χ0) is 22.2. The van der Waals surface area contributed by atoms with E-state index >= 15 is 0 Å². The van der Waals surface area contributed by atoms with Gasteiger partial charge in [0.05, 0.1) is 33.1 Å². The lowest BCUT2D eigenvalue weighted by atomic mass is 10.1. The van der Waals surface area contributed by atoms with Gasteiger partial charge in [0.1, 0.15) is 0 Å². The van der Waals surface area contributed by atoms with E-state index in [-0.39, 0.29) is 0 Å². The molecule has 0 atom stereocenters. The number of nitrogens with zero attached hydrogens (tertiary/aromatic N) is 5. The molecule has 6 aromatic rings. The van der Waals surface area contributed by atoms with Gasteiger partial charge >= 0.3 is 0 Å². The molecular weight excluding hydrogens is 448 g/mol. The molecule has 0 fully saturated rings. The molecule has 3 aromatic heterocycles. The highest BCUT2D eigenvalue weighted by atomic mass is 32.2. The van der Waals surface area contributed by atoms with E-state index in [0.29, 0.717) is 11.0 Å². The predicted molar refractivity (Wildman–Crippen MR) is 135 cm³/mol. The number of rotatable bonds is 5. The second kappa shape index (κ2) is 8.31. The minimum atomic E-state index is 0.664. The highest BCUT2D eigenvalue weighted by Crippen LogP contribution is 2.32. The van der Waals surface area contributed by atoms with E-state index in [1.807, 2.05) is 54.2 Å². The van der Waals surface area contributed by atoms with E-state index in [9.17, 15) is 0 Å². The molecule has 0 saturated heterocycles. The van der Waals surface area contributed by atoms with Crippen molar-refractivity contribution in [3.63, 3.8) is 0 Å². The van der Waals surface area contributed by atoms with Crippen molar-refractivity contribution in [2.24, 2.45) is 0 Å². The van der Waals surface area contributed by atoms with Gasteiger partial charge in [-0.25, -0.2) is 15.0 Å². The number of nitrogens with one attached hydrogen (secondary N) is 1. The molecule has 6 nitrogen and oxygen atoms in total. The maximum absolute atomic E-state index is 4.87. The van der Waals surface area contributed by atoms with Crippen LogP contribution in [-0.2, 0) is 0 Å². The largest absolute Gasteiger partial charge is 0.261 e. The van der Waals surface area contributed by atoms with Crippen molar-refractivity contribution >= 4 is 50.0 Å². The van der Waals surface area contributed by atoms with Gasteiger partial charge in [0.2, 0.25) is 0 Å². The van der Waals surface area contributed by atoms with Crippen molar-refractivity contribution in [1.82, 2.24) is 24.8 Å². The molecule has 0 aliphatic rings. The molecule has 0 saturated carbocycles. The number of anilines is 1. The van der Waals surface area contributed by atoms with Crippen LogP contribution in [0.2, 0.25) is 0 Å². The van der Waals surface area contributed by atoms with Gasteiger partial charge in [-0.1, -0.05) is 42.0 Å². The zero-order valence-electron chi connectivity index (χ0n) is 17.6. The van der Waals surface area contributed by atoms with E-state index in [2.05, 4.69) is 52.8 Å². The summed E-state index contributed by atoms with van der Waals surface area (Å²) in [6, 6.07) is 24.6. The van der Waals surface area contributed by atoms with Crippen molar-refractivity contribution in [3.05, 3.63) is 90.1 Å². The molecule has 0 amide bonds. The molecule has 3 aromatic carbocycles. The van der Waals surface area contributed by atoms with Crippen LogP contribution in [0, 0.1) is 6.92 Å². The van der Waals surface area contributed by atoms with Gasteiger partial charge in [0.15, 0.2) is 11.0 Å². The minimum absolute atomic E-state index is 0.664. The molecule has 0 unspecified atom stereocenters. The summed E-state index contributed by atoms with van der Waals surface area (Å²) in [5.74, 6) is 0.678. The van der Waals surface area contributed by atoms with E-state index in [0.717, 1.165) is 37.3 Å². The second-order valence-corrected chi connectivity index (χ2v) is 9.53. The molecule has 3 heterocycles. The number of aryl methyl sites for hydroxylation is 1. The Morgan fingerprint density at radius 1 is 0.939 bits per heavy atom. The summed E-state index contributed by atoms with van der Waals surface area (Å²) in [4.78, 5) is 16.8. The third-order valence-corrected chi connectivity index (χ3v) is 6.88. The van der Waals surface area contributed by atoms with Crippen LogP contribution >= 0.6 is 23.1 Å². The van der Waals surface area contributed by atoms with E-state index in [1.54, 1.807) is 16.1 Å². The van der Waals surface area contributed by atoms with E-state index < -0.39 is 0 Å². The highest BCUT2D eigenvalue weighted by Gasteiger charge is 2.11. The lowest BCUT2D eigenvalue weighted by molar-refractivity contribution is 0.813. The first-order valence-corrected chi connectivity index (χ1v) is 12.1. The third kappa shape index (κ3) is 4.06. The van der Waals surface area contributed by atoms with Crippen LogP contribution in [0.1, 0.15) is 5.56 Å². The quantitative estimate of drug-likeness (QED) is 0.295. The summed E-state index contributed by atoms with van der Waals surface area (Å²) in [7, 11) is 0. The fourth-order valence-electron chi connectivity index (χ4n) is 3.65. The molecule has 160 valence electrons. The first-order chi connectivity index (χ1) is 16.2. The number of fused-ring (bicyclic) bond motifs is 2. The van der Waals surface area contributed by atoms with Crippen molar-refractivity contribution in [1.29, 1.82) is 0 Å². The van der Waals surface area contributed by atoms with E-state index in [4.69, 9.17) is 9.97 Å². The van der Waals surface area contributed by atoms with Crippen molar-refractivity contribution < 1.29 is 0 Å². The van der Waals surface area contributed by atoms with Crippen LogP contribution in [0.25, 0.3) is 32.4 Å². The monoisotopic (exact) mass is 466 g/mol. The number of aromatic nitrogens is 5. The highest BCUT2D eigenvalue weighted by molar-refractivity contribution is 7.99. The van der Waals surface area contributed by atoms with Gasteiger partial charge in [-0.2, -0.15) is 9.89 Å². The van der Waals surface area contributed by atoms with Crippen molar-refractivity contribution in [2.75, 3.05) is 5.43 Å². The minimum Gasteiger partial charge on any atom is -0.261 e. The predicted octanol–water partition coefficient (Wildman–Crippen LogP) is 6.44. The average molecular weight is 467 g/mol. The van der Waals surface area contributed by atoms with Gasteiger partial charge in [0.25, 0.3) is 0 Å². The average Bonchev–Trinajstić information content (AvgIpc) is 3.46. The summed E-state index contributed by atoms with van der Waals surface area (Å²) in [5, 5.41) is 6.21. The summed E-state index contributed by atoms with van der Waals surface area (Å²) >= 11 is 3.17. The maximum atomic E-state index is 4.87. The smallest absolute Gasteiger partial charge is 0.195 e. The van der Waals surface area contributed by atoms with Crippen LogP contribution in [0.5, 0.6) is 0 Å². The van der Waals surface area contributed by atoms with Gasteiger partial charge < -0.3 is 0 Å². The Hall–Kier alpha value is -3.75. The van der Waals surface area contributed by atoms with Gasteiger partial charge in [-0.15, -0.1) is 11.3 Å². The molecule has 0 aliphatic heterocycles. The zero-order valence-corrected chi connectivity index (χ0v) is 19.3. The van der Waals surface area contributed by atoms with Crippen LogP contribution in [-0.4, -0.2) is 24.8 Å². The Labute approximate surface area is 198 Å². The summed E-state index contributed by atoms with van der Waals surface area (Å²) < 4.78 is 1.15. The third-order valence-electron chi connectivity index (χ3n) is 5.23. The molecule has 6 rings (SSSR count). The van der Waals surface area contributed by atoms with Gasteiger partial charge in [-0.05, 0) is 49.0 Å². The molecule has 1 N–H and O–H groups in total. The number of benzene rings is 3. The molecule has 33 heavy (non-hydrogen) atoms. The van der Waals surface area contributed by atoms with Crippen LogP contribution < -0.4 is 5.43 Å². The molecular formula is C25H18N6S2. The van der Waals surface area contributed by atoms with Crippen LogP contribution in [0.3, 0.4) is 0 Å². The number of thiazole rings is 1. The molecule has 8 heteroatoms. The standard InChI is InChI=1S/C25H18N6S2/c1-16-5-4-7-17(11-16)21-13-24(30-31-22-8-3-2-6-18(22)14-27-31)29-25(28-21)33-19-9-10-20-23(12-19)32-15-26-20/h2-15H,1H3,(H,28,29,30). The van der Waals surface area contributed by atoms with Crippen molar-refractivity contribution in [3.8, 4) is 11.3 Å². The summed E-state index contributed by atoms with van der Waals surface area (Å²) in [6.45, 7) is 2.08. The molecule has 0 bridgehead atoms. The lowest BCUT2D eigenvalue weighted by Crippen LogP contribution is -2.12. The number of para-hydroxylation sites is 1. The topological polar surface area (TPSA) is 68.5 Å². The molecule has 0 spiro atoms. The molecule has 0 aliphatic carbocycles. The fourth-order valence-corrected chi connectivity index (χ4v) is 5.26. The Kier molecular flexibility index (Phi) is 5.01. The first kappa shape index (κ1) is 19.9. The Balaban J connectivity index is 1.41. The normalized spacial score (nSPS) is 11.3. The van der Waals surface area contributed by atoms with Gasteiger partial charge in [-0.3, -0.25) is 5.43 Å². The second-order valence-electron chi connectivity index (χ2n) is 7.60. The Bertz CT molecular complexity index is 1600. The lowest BCUT2D eigenvalue weighted by Gasteiger charge is -2.11. The SMILES string of the molecule is Cc1cccc(-c2cc(Nn3ncc4ccccc43)nc(Sc3ccc4ncsc4c3)n2)c1. The van der Waals surface area contributed by atoms with Crippen LogP contribution in [0.15, 0.2) is 94.6 Å². The fraction of sp³-hybridized carbons (Fsp3) is 0.0400. The van der Waals surface area contributed by atoms with Crippen LogP contribution in [0.4, 0.5) is 5.82 Å². The van der Waals surface area contributed by atoms with E-state index in [1.165, 1.54) is 17.3 Å². The first-order valence-electron chi connectivity index (χ1n) is 10.4.